The van der Waals surface area contributed by atoms with Gasteiger partial charge in [0, 0.05) is 11.6 Å². The fourth-order valence-electron chi connectivity index (χ4n) is 1.97. The maximum Gasteiger partial charge on any atom is 0.269 e. The van der Waals surface area contributed by atoms with Crippen LogP contribution in [0.25, 0.3) is 0 Å². The molecule has 1 heterocycles. The van der Waals surface area contributed by atoms with Crippen LogP contribution in [0, 0.1) is 0 Å². The molecule has 1 aromatic heterocycles. The number of hydrazine groups is 1. The van der Waals surface area contributed by atoms with Gasteiger partial charge in [-0.15, -0.1) is 0 Å². The molecule has 1 saturated carbocycles. The van der Waals surface area contributed by atoms with Gasteiger partial charge in [-0.25, -0.2) is 22.8 Å². The largest absolute Gasteiger partial charge is 0.271 e. The van der Waals surface area contributed by atoms with Gasteiger partial charge in [0.15, 0.2) is 0 Å². The highest BCUT2D eigenvalue weighted by Gasteiger charge is 2.27. The number of benzene rings is 1. The first kappa shape index (κ1) is 17.0. The summed E-state index contributed by atoms with van der Waals surface area (Å²) in [5, 5.41) is 3.77. The lowest BCUT2D eigenvalue weighted by atomic mass is 10.2. The fraction of sp³-hybridized carbons (Fsp3) is 0.286. The summed E-state index contributed by atoms with van der Waals surface area (Å²) >= 11 is 0. The maximum absolute atomic E-state index is 12.0. The topological polar surface area (TPSA) is 135 Å². The SMILES string of the molecule is O=C(Cn1cncn1)NNC(=O)c1ccc(S(=O)(=O)NC2CC2)cc1. The van der Waals surface area contributed by atoms with E-state index in [4.69, 9.17) is 0 Å². The highest BCUT2D eigenvalue weighted by atomic mass is 32.2. The number of nitrogens with zero attached hydrogens (tertiary/aromatic N) is 3. The van der Waals surface area contributed by atoms with E-state index in [1.54, 1.807) is 0 Å². The molecule has 25 heavy (non-hydrogen) atoms. The van der Waals surface area contributed by atoms with Crippen LogP contribution in [0.3, 0.4) is 0 Å². The zero-order chi connectivity index (χ0) is 17.9. The Labute approximate surface area is 143 Å². The number of amides is 2. The van der Waals surface area contributed by atoms with Crippen molar-refractivity contribution in [2.75, 3.05) is 0 Å². The Morgan fingerprint density at radius 3 is 2.48 bits per heavy atom. The first-order valence-corrected chi connectivity index (χ1v) is 8.96. The Hall–Kier alpha value is -2.79. The summed E-state index contributed by atoms with van der Waals surface area (Å²) in [5.74, 6) is -1.04. The van der Waals surface area contributed by atoms with Crippen LogP contribution in [0.5, 0.6) is 0 Å². The van der Waals surface area contributed by atoms with Gasteiger partial charge in [0.25, 0.3) is 11.8 Å². The van der Waals surface area contributed by atoms with Gasteiger partial charge >= 0.3 is 0 Å². The summed E-state index contributed by atoms with van der Waals surface area (Å²) in [6, 6.07) is 5.45. The van der Waals surface area contributed by atoms with Crippen LogP contribution < -0.4 is 15.6 Å². The zero-order valence-corrected chi connectivity index (χ0v) is 13.9. The molecule has 0 atom stereocenters. The van der Waals surface area contributed by atoms with Gasteiger partial charge in [-0.05, 0) is 37.1 Å². The molecule has 1 aliphatic carbocycles. The van der Waals surface area contributed by atoms with Gasteiger partial charge < -0.3 is 0 Å². The molecule has 0 radical (unpaired) electrons. The van der Waals surface area contributed by atoms with Crippen LogP contribution in [-0.2, 0) is 21.4 Å². The molecule has 2 amide bonds. The van der Waals surface area contributed by atoms with Gasteiger partial charge in [0.2, 0.25) is 10.0 Å². The van der Waals surface area contributed by atoms with Crippen molar-refractivity contribution in [3.8, 4) is 0 Å². The van der Waals surface area contributed by atoms with E-state index in [2.05, 4.69) is 25.7 Å². The van der Waals surface area contributed by atoms with Crippen molar-refractivity contribution in [2.24, 2.45) is 0 Å². The van der Waals surface area contributed by atoms with Gasteiger partial charge in [-0.2, -0.15) is 5.10 Å². The second-order valence-electron chi connectivity index (χ2n) is 5.52. The van der Waals surface area contributed by atoms with Crippen LogP contribution in [0.2, 0.25) is 0 Å². The summed E-state index contributed by atoms with van der Waals surface area (Å²) in [6.45, 7) is -0.0930. The average molecular weight is 364 g/mol. The highest BCUT2D eigenvalue weighted by Crippen LogP contribution is 2.22. The van der Waals surface area contributed by atoms with Gasteiger partial charge in [0.05, 0.1) is 4.90 Å². The Morgan fingerprint density at radius 2 is 1.88 bits per heavy atom. The van der Waals surface area contributed by atoms with E-state index in [1.807, 2.05) is 0 Å². The van der Waals surface area contributed by atoms with Crippen molar-refractivity contribution in [1.82, 2.24) is 30.3 Å². The molecule has 10 nitrogen and oxygen atoms in total. The quantitative estimate of drug-likeness (QED) is 0.573. The number of nitrogens with one attached hydrogen (secondary N) is 3. The third-order valence-corrected chi connectivity index (χ3v) is 4.95. The van der Waals surface area contributed by atoms with E-state index in [0.717, 1.165) is 12.8 Å². The minimum Gasteiger partial charge on any atom is -0.271 e. The van der Waals surface area contributed by atoms with E-state index < -0.39 is 21.8 Å². The summed E-state index contributed by atoms with van der Waals surface area (Å²) in [4.78, 5) is 27.4. The second kappa shape index (κ2) is 6.99. The Bertz CT molecular complexity index is 859. The number of hydrogen-bond donors (Lipinski definition) is 3. The summed E-state index contributed by atoms with van der Waals surface area (Å²) in [7, 11) is -3.56. The van der Waals surface area contributed by atoms with Crippen molar-refractivity contribution in [1.29, 1.82) is 0 Å². The van der Waals surface area contributed by atoms with E-state index in [1.165, 1.54) is 41.6 Å². The number of carbonyl (C=O) groups excluding carboxylic acids is 2. The second-order valence-corrected chi connectivity index (χ2v) is 7.23. The van der Waals surface area contributed by atoms with Gasteiger partial charge in [-0.3, -0.25) is 20.4 Å². The number of aromatic nitrogens is 3. The summed E-state index contributed by atoms with van der Waals surface area (Å²) in [5.41, 5.74) is 4.70. The smallest absolute Gasteiger partial charge is 0.269 e. The third kappa shape index (κ3) is 4.61. The molecule has 0 aliphatic heterocycles. The lowest BCUT2D eigenvalue weighted by molar-refractivity contribution is -0.122. The average Bonchev–Trinajstić information content (AvgIpc) is 3.24. The molecule has 0 unspecified atom stereocenters. The standard InChI is InChI=1S/C14H16N6O4S/c21-13(7-20-9-15-8-16-20)17-18-14(22)10-1-5-12(6-2-10)25(23,24)19-11-3-4-11/h1-2,5-6,8-9,11,19H,3-4,7H2,(H,17,21)(H,18,22). The molecule has 11 heteroatoms. The first-order valence-electron chi connectivity index (χ1n) is 7.48. The Kier molecular flexibility index (Phi) is 4.76. The van der Waals surface area contributed by atoms with E-state index in [0.29, 0.717) is 0 Å². The maximum atomic E-state index is 12.0. The summed E-state index contributed by atoms with van der Waals surface area (Å²) < 4.78 is 28.0. The predicted molar refractivity (Wildman–Crippen MR) is 85.4 cm³/mol. The monoisotopic (exact) mass is 364 g/mol. The molecule has 1 fully saturated rings. The van der Waals surface area contributed by atoms with E-state index >= 15 is 0 Å². The van der Waals surface area contributed by atoms with E-state index in [9.17, 15) is 18.0 Å². The molecule has 0 bridgehead atoms. The highest BCUT2D eigenvalue weighted by molar-refractivity contribution is 7.89. The zero-order valence-electron chi connectivity index (χ0n) is 13.0. The number of carbonyl (C=O) groups is 2. The number of hydrogen-bond acceptors (Lipinski definition) is 6. The molecule has 1 aliphatic rings. The van der Waals surface area contributed by atoms with Gasteiger partial charge in [0.1, 0.15) is 19.2 Å². The molecule has 0 saturated heterocycles. The number of sulfonamides is 1. The molecule has 0 spiro atoms. The molecule has 2 aromatic rings. The lowest BCUT2D eigenvalue weighted by Gasteiger charge is -2.08. The minimum absolute atomic E-state index is 0.00757. The van der Waals surface area contributed by atoms with Crippen LogP contribution in [0.15, 0.2) is 41.8 Å². The Balaban J connectivity index is 1.54. The normalized spacial score (nSPS) is 14.1. The predicted octanol–water partition coefficient (Wildman–Crippen LogP) is -0.820. The van der Waals surface area contributed by atoms with Crippen molar-refractivity contribution < 1.29 is 18.0 Å². The van der Waals surface area contributed by atoms with Crippen molar-refractivity contribution in [3.63, 3.8) is 0 Å². The molecular formula is C14H16N6O4S. The minimum atomic E-state index is -3.56. The molecule has 132 valence electrons. The number of rotatable bonds is 6. The molecular weight excluding hydrogens is 348 g/mol. The molecule has 1 aromatic carbocycles. The van der Waals surface area contributed by atoms with Crippen molar-refractivity contribution in [3.05, 3.63) is 42.5 Å². The molecule has 3 rings (SSSR count). The Morgan fingerprint density at radius 1 is 1.16 bits per heavy atom. The molecule has 3 N–H and O–H groups in total. The van der Waals surface area contributed by atoms with Gasteiger partial charge in [-0.1, -0.05) is 0 Å². The van der Waals surface area contributed by atoms with Crippen LogP contribution in [0.4, 0.5) is 0 Å². The lowest BCUT2D eigenvalue weighted by Crippen LogP contribution is -2.43. The van der Waals surface area contributed by atoms with Crippen LogP contribution >= 0.6 is 0 Å². The van der Waals surface area contributed by atoms with Crippen LogP contribution in [-0.4, -0.2) is 41.0 Å². The van der Waals surface area contributed by atoms with E-state index in [-0.39, 0.29) is 23.0 Å². The van der Waals surface area contributed by atoms with Crippen molar-refractivity contribution in [2.45, 2.75) is 30.3 Å². The fourth-order valence-corrected chi connectivity index (χ4v) is 3.28. The first-order chi connectivity index (χ1) is 11.9. The summed E-state index contributed by atoms with van der Waals surface area (Å²) in [6.07, 6.45) is 4.35. The van der Waals surface area contributed by atoms with Crippen molar-refractivity contribution >= 4 is 21.8 Å². The third-order valence-electron chi connectivity index (χ3n) is 3.41. The van der Waals surface area contributed by atoms with Crippen LogP contribution in [0.1, 0.15) is 23.2 Å².